The van der Waals surface area contributed by atoms with E-state index >= 15 is 0 Å². The molecule has 198 valence electrons. The second-order valence-corrected chi connectivity index (χ2v) is 11.2. The lowest BCUT2D eigenvalue weighted by Crippen LogP contribution is -2.50. The molecule has 4 rings (SSSR count). The summed E-state index contributed by atoms with van der Waals surface area (Å²) in [5.41, 5.74) is 1.13. The molecule has 7 heteroatoms. The van der Waals surface area contributed by atoms with Crippen LogP contribution in [0.5, 0.6) is 0 Å². The number of amides is 1. The Balaban J connectivity index is 1.56. The van der Waals surface area contributed by atoms with Gasteiger partial charge in [-0.3, -0.25) is 9.69 Å². The number of ether oxygens (including phenoxy) is 4. The Morgan fingerprint density at radius 1 is 1.00 bits per heavy atom. The lowest BCUT2D eigenvalue weighted by molar-refractivity contribution is -0.161. The Bertz CT molecular complexity index is 942. The van der Waals surface area contributed by atoms with Crippen molar-refractivity contribution in [2.45, 2.75) is 76.3 Å². The van der Waals surface area contributed by atoms with Crippen molar-refractivity contribution >= 4 is 12.1 Å². The molecule has 1 aromatic carbocycles. The Morgan fingerprint density at radius 3 is 2.33 bits per heavy atom. The molecule has 0 aromatic heterocycles. The zero-order valence-electron chi connectivity index (χ0n) is 22.4. The Kier molecular flexibility index (Phi) is 8.10. The number of fused-ring (bicyclic) bond motifs is 2. The molecule has 0 spiro atoms. The molecular weight excluding hydrogens is 458 g/mol. The zero-order valence-corrected chi connectivity index (χ0v) is 22.4. The highest BCUT2D eigenvalue weighted by Gasteiger charge is 2.54. The number of rotatable bonds is 7. The van der Waals surface area contributed by atoms with E-state index in [1.165, 1.54) is 12.7 Å². The molecule has 0 N–H and O–H groups in total. The maximum Gasteiger partial charge on any atom is 0.410 e. The van der Waals surface area contributed by atoms with Gasteiger partial charge in [0.1, 0.15) is 6.10 Å². The van der Waals surface area contributed by atoms with Gasteiger partial charge < -0.3 is 18.9 Å². The fourth-order valence-corrected chi connectivity index (χ4v) is 6.75. The van der Waals surface area contributed by atoms with E-state index in [1.807, 2.05) is 18.2 Å². The summed E-state index contributed by atoms with van der Waals surface area (Å²) >= 11 is 0. The van der Waals surface area contributed by atoms with Crippen molar-refractivity contribution in [2.24, 2.45) is 23.7 Å². The van der Waals surface area contributed by atoms with Crippen LogP contribution in [0.1, 0.15) is 52.0 Å². The first kappa shape index (κ1) is 26.7. The molecule has 1 saturated heterocycles. The van der Waals surface area contributed by atoms with Crippen LogP contribution < -0.4 is 0 Å². The Hall–Kier alpha value is -2.38. The molecule has 1 aliphatic carbocycles. The third-order valence-corrected chi connectivity index (χ3v) is 8.79. The zero-order chi connectivity index (χ0) is 26.0. The third-order valence-electron chi connectivity index (χ3n) is 8.79. The maximum absolute atomic E-state index is 13.7. The van der Waals surface area contributed by atoms with Gasteiger partial charge in [-0.25, -0.2) is 4.79 Å². The average Bonchev–Trinajstić information content (AvgIpc) is 3.15. The summed E-state index contributed by atoms with van der Waals surface area (Å²) in [6.45, 7) is 6.75. The van der Waals surface area contributed by atoms with Crippen molar-refractivity contribution < 1.29 is 28.5 Å². The average molecular weight is 500 g/mol. The highest BCUT2D eigenvalue weighted by atomic mass is 16.7. The largest absolute Gasteiger partial charge is 0.462 e. The molecule has 7 atom stereocenters. The summed E-state index contributed by atoms with van der Waals surface area (Å²) in [6.07, 6.45) is 6.24. The first-order valence-electron chi connectivity index (χ1n) is 13.1. The molecule has 7 nitrogen and oxygen atoms in total. The second-order valence-electron chi connectivity index (χ2n) is 11.2. The quantitative estimate of drug-likeness (QED) is 0.300. The number of benzene rings is 1. The predicted octanol–water partition coefficient (Wildman–Crippen LogP) is 4.94. The number of methoxy groups -OCH3 is 3. The van der Waals surface area contributed by atoms with E-state index in [0.29, 0.717) is 12.3 Å². The molecule has 2 heterocycles. The van der Waals surface area contributed by atoms with Crippen molar-refractivity contribution in [2.75, 3.05) is 21.3 Å². The van der Waals surface area contributed by atoms with Crippen molar-refractivity contribution in [1.29, 1.82) is 0 Å². The van der Waals surface area contributed by atoms with Crippen LogP contribution in [0, 0.1) is 23.7 Å². The topological polar surface area (TPSA) is 74.3 Å². The molecule has 3 unspecified atom stereocenters. The van der Waals surface area contributed by atoms with E-state index in [4.69, 9.17) is 18.9 Å². The molecule has 1 aromatic rings. The molecule has 1 saturated carbocycles. The van der Waals surface area contributed by atoms with E-state index in [1.54, 1.807) is 19.1 Å². The first-order chi connectivity index (χ1) is 17.2. The molecule has 1 amide bonds. The van der Waals surface area contributed by atoms with Gasteiger partial charge >= 0.3 is 12.1 Å². The standard InChI is InChI=1S/C29H41NO6/c1-18-12-14-22(29(2,3)19-10-8-7-9-11-19)25(16-18)36-26(31)21-17-24-20(27(33-4)34-5)13-15-23(21)30(24)28(32)35-6/h7-11,13,15,18,20-25,27H,12,14,16-17H2,1-6H3/t18?,20-,21+,22?,23+,24+,25?/m1/s1. The van der Waals surface area contributed by atoms with Crippen LogP contribution in [0.15, 0.2) is 42.5 Å². The van der Waals surface area contributed by atoms with Crippen molar-refractivity contribution in [3.05, 3.63) is 48.0 Å². The second kappa shape index (κ2) is 10.9. The van der Waals surface area contributed by atoms with E-state index in [9.17, 15) is 9.59 Å². The van der Waals surface area contributed by atoms with Crippen LogP contribution in [0.4, 0.5) is 4.79 Å². The summed E-state index contributed by atoms with van der Waals surface area (Å²) in [5, 5.41) is 0. The first-order valence-corrected chi connectivity index (χ1v) is 13.1. The van der Waals surface area contributed by atoms with Crippen molar-refractivity contribution in [1.82, 2.24) is 4.90 Å². The van der Waals surface area contributed by atoms with E-state index in [-0.39, 0.29) is 35.4 Å². The number of nitrogens with zero attached hydrogens (tertiary/aromatic N) is 1. The Morgan fingerprint density at radius 2 is 1.69 bits per heavy atom. The predicted molar refractivity (Wildman–Crippen MR) is 136 cm³/mol. The van der Waals surface area contributed by atoms with Gasteiger partial charge in [0.15, 0.2) is 6.29 Å². The molecule has 2 bridgehead atoms. The highest BCUT2D eigenvalue weighted by Crippen LogP contribution is 2.46. The summed E-state index contributed by atoms with van der Waals surface area (Å²) < 4.78 is 22.5. The number of hydrogen-bond donors (Lipinski definition) is 0. The minimum atomic E-state index is -0.524. The van der Waals surface area contributed by atoms with Gasteiger partial charge in [0.05, 0.1) is 19.1 Å². The van der Waals surface area contributed by atoms with Crippen LogP contribution in [-0.2, 0) is 29.2 Å². The maximum atomic E-state index is 13.7. The van der Waals surface area contributed by atoms with Gasteiger partial charge in [-0.1, -0.05) is 69.7 Å². The van der Waals surface area contributed by atoms with Gasteiger partial charge in [0.25, 0.3) is 0 Å². The summed E-state index contributed by atoms with van der Waals surface area (Å²) in [7, 11) is 4.53. The minimum Gasteiger partial charge on any atom is -0.462 e. The molecule has 2 aliphatic heterocycles. The van der Waals surface area contributed by atoms with E-state index in [2.05, 4.69) is 45.0 Å². The molecule has 3 aliphatic rings. The third kappa shape index (κ3) is 4.92. The summed E-state index contributed by atoms with van der Waals surface area (Å²) in [6, 6.07) is 9.83. The molecule has 2 fully saturated rings. The van der Waals surface area contributed by atoms with E-state index < -0.39 is 24.3 Å². The van der Waals surface area contributed by atoms with Crippen LogP contribution in [-0.4, -0.2) is 62.8 Å². The fourth-order valence-electron chi connectivity index (χ4n) is 6.75. The van der Waals surface area contributed by atoms with Gasteiger partial charge in [0.2, 0.25) is 0 Å². The van der Waals surface area contributed by atoms with Crippen LogP contribution >= 0.6 is 0 Å². The normalized spacial score (nSPS) is 32.0. The smallest absolute Gasteiger partial charge is 0.410 e. The monoisotopic (exact) mass is 499 g/mol. The number of hydrogen-bond acceptors (Lipinski definition) is 6. The fraction of sp³-hybridized carbons (Fsp3) is 0.655. The lowest BCUT2D eigenvalue weighted by atomic mass is 9.64. The van der Waals surface area contributed by atoms with Crippen LogP contribution in [0.2, 0.25) is 0 Å². The van der Waals surface area contributed by atoms with Gasteiger partial charge in [-0.05, 0) is 36.2 Å². The number of esters is 1. The Labute approximate surface area is 215 Å². The van der Waals surface area contributed by atoms with Crippen molar-refractivity contribution in [3.63, 3.8) is 0 Å². The molecular formula is C29H41NO6. The van der Waals surface area contributed by atoms with Crippen LogP contribution in [0.25, 0.3) is 0 Å². The van der Waals surface area contributed by atoms with E-state index in [0.717, 1.165) is 19.3 Å². The highest BCUT2D eigenvalue weighted by molar-refractivity contribution is 5.78. The molecule has 36 heavy (non-hydrogen) atoms. The summed E-state index contributed by atoms with van der Waals surface area (Å²) in [5.74, 6) is -0.184. The summed E-state index contributed by atoms with van der Waals surface area (Å²) in [4.78, 5) is 28.2. The van der Waals surface area contributed by atoms with Gasteiger partial charge in [-0.2, -0.15) is 0 Å². The number of carbonyl (C=O) groups is 2. The van der Waals surface area contributed by atoms with Gasteiger partial charge in [-0.15, -0.1) is 0 Å². The molecule has 0 radical (unpaired) electrons. The van der Waals surface area contributed by atoms with Gasteiger partial charge in [0, 0.05) is 32.1 Å². The van der Waals surface area contributed by atoms with Crippen molar-refractivity contribution in [3.8, 4) is 0 Å². The SMILES string of the molecule is COC(=O)N1[C@H]2C=C[C@@H](C(OC)OC)[C@@H]1C[C@@H]2C(=O)OC1CC(C)CCC1C(C)(C)c1ccccc1. The lowest BCUT2D eigenvalue weighted by Gasteiger charge is -2.44. The minimum absolute atomic E-state index is 0.134. The van der Waals surface area contributed by atoms with Crippen LogP contribution in [0.3, 0.4) is 0 Å². The number of carbonyl (C=O) groups excluding carboxylic acids is 2.